The highest BCUT2D eigenvalue weighted by Crippen LogP contribution is 2.53. The number of rotatable bonds is 7. The molecule has 1 rings (SSSR count). The first-order valence-corrected chi connectivity index (χ1v) is 6.98. The number of hydrogen-bond acceptors (Lipinski definition) is 4. The van der Waals surface area contributed by atoms with E-state index in [9.17, 15) is 20.0 Å². The lowest BCUT2D eigenvalue weighted by Gasteiger charge is -2.44. The molecule has 1 aliphatic rings. The van der Waals surface area contributed by atoms with Crippen molar-refractivity contribution in [3.63, 3.8) is 0 Å². The lowest BCUT2D eigenvalue weighted by molar-refractivity contribution is -0.154. The molecule has 2 atom stereocenters. The molecule has 0 spiro atoms. The van der Waals surface area contributed by atoms with Crippen molar-refractivity contribution in [2.24, 2.45) is 11.3 Å². The Morgan fingerprint density at radius 1 is 1.60 bits per heavy atom. The minimum atomic E-state index is -1.11. The third-order valence-corrected chi connectivity index (χ3v) is 4.61. The second-order valence-corrected chi connectivity index (χ2v) is 6.22. The van der Waals surface area contributed by atoms with Crippen LogP contribution < -0.4 is 0 Å². The Morgan fingerprint density at radius 3 is 2.65 bits per heavy atom. The van der Waals surface area contributed by atoms with E-state index in [-0.39, 0.29) is 0 Å². The molecule has 5 nitrogen and oxygen atoms in total. The summed E-state index contributed by atoms with van der Waals surface area (Å²) in [6, 6.07) is 0. The maximum absolute atomic E-state index is 11.6. The van der Waals surface area contributed by atoms with Gasteiger partial charge in [0.2, 0.25) is 0 Å². The average Bonchev–Trinajstić information content (AvgIpc) is 2.67. The Bertz CT molecular complexity index is 388. The highest BCUT2D eigenvalue weighted by Gasteiger charge is 2.54. The predicted octanol–water partition coefficient (Wildman–Crippen LogP) is 1.70. The first kappa shape index (κ1) is 17.2. The first-order valence-electron chi connectivity index (χ1n) is 6.98. The van der Waals surface area contributed by atoms with E-state index in [1.165, 1.54) is 7.11 Å². The molecule has 0 saturated heterocycles. The number of carboxylic acids is 1. The van der Waals surface area contributed by atoms with Gasteiger partial charge in [0.1, 0.15) is 0 Å². The van der Waals surface area contributed by atoms with E-state index >= 15 is 0 Å². The van der Waals surface area contributed by atoms with Crippen molar-refractivity contribution in [2.75, 3.05) is 7.11 Å². The molecule has 6 heteroatoms. The lowest BCUT2D eigenvalue weighted by Crippen LogP contribution is -2.49. The molecule has 0 aromatic rings. The summed E-state index contributed by atoms with van der Waals surface area (Å²) in [7, 11) is 0.588. The normalized spacial score (nSPS) is 26.5. The quantitative estimate of drug-likeness (QED) is 0.489. The minimum Gasteiger partial charge on any atom is -0.481 e. The summed E-state index contributed by atoms with van der Waals surface area (Å²) in [4.78, 5) is 11.6. The van der Waals surface area contributed by atoms with Gasteiger partial charge in [-0.1, -0.05) is 18.1 Å². The zero-order valence-corrected chi connectivity index (χ0v) is 12.7. The molecule has 1 aliphatic carbocycles. The number of allylic oxidation sites excluding steroid dienone is 1. The van der Waals surface area contributed by atoms with Gasteiger partial charge in [0, 0.05) is 12.5 Å². The van der Waals surface area contributed by atoms with Crippen LogP contribution in [-0.4, -0.2) is 41.0 Å². The molecule has 0 unspecified atom stereocenters. The molecule has 0 amide bonds. The average molecular weight is 284 g/mol. The third kappa shape index (κ3) is 3.24. The van der Waals surface area contributed by atoms with Crippen LogP contribution in [0.2, 0.25) is 6.32 Å². The van der Waals surface area contributed by atoms with E-state index in [1.807, 2.05) is 6.08 Å². The molecule has 0 aliphatic heterocycles. The smallest absolute Gasteiger partial charge is 0.453 e. The molecule has 114 valence electrons. The maximum atomic E-state index is 11.6. The molecule has 0 fully saturated rings. The van der Waals surface area contributed by atoms with Gasteiger partial charge in [-0.2, -0.15) is 0 Å². The summed E-state index contributed by atoms with van der Waals surface area (Å²) >= 11 is 0. The van der Waals surface area contributed by atoms with Crippen LogP contribution in [0.4, 0.5) is 0 Å². The second-order valence-electron chi connectivity index (χ2n) is 6.22. The Labute approximate surface area is 120 Å². The number of hydrogen-bond donors (Lipinski definition) is 3. The standard InChI is InChI=1S/C14H25BO5/c1-10-6-8-14(13(2,3)18,11(10)12(16)17)7-5-9-15(19)20-4/h6,11,18-19H,5,7-9H2,1-4H3,(H,16,17)/t11-,14+/m1/s1. The summed E-state index contributed by atoms with van der Waals surface area (Å²) in [5, 5.41) is 29.5. The van der Waals surface area contributed by atoms with Gasteiger partial charge in [-0.05, 0) is 39.9 Å². The van der Waals surface area contributed by atoms with Crippen molar-refractivity contribution in [1.82, 2.24) is 0 Å². The minimum absolute atomic E-state index is 0.430. The van der Waals surface area contributed by atoms with Crippen LogP contribution in [-0.2, 0) is 9.45 Å². The van der Waals surface area contributed by atoms with Gasteiger partial charge in [-0.25, -0.2) is 0 Å². The zero-order valence-electron chi connectivity index (χ0n) is 12.7. The van der Waals surface area contributed by atoms with Crippen LogP contribution in [0, 0.1) is 11.3 Å². The molecule has 0 heterocycles. The summed E-state index contributed by atoms with van der Waals surface area (Å²) in [5.74, 6) is -1.58. The molecule has 0 aromatic carbocycles. The predicted molar refractivity (Wildman–Crippen MR) is 77.3 cm³/mol. The summed E-state index contributed by atoms with van der Waals surface area (Å²) in [5.41, 5.74) is -1.04. The number of carboxylic acid groups (broad SMARTS) is 1. The first-order chi connectivity index (χ1) is 9.15. The van der Waals surface area contributed by atoms with Crippen molar-refractivity contribution < 1.29 is 24.7 Å². The van der Waals surface area contributed by atoms with Crippen molar-refractivity contribution in [3.8, 4) is 0 Å². The van der Waals surface area contributed by atoms with Crippen molar-refractivity contribution >= 4 is 13.1 Å². The number of aliphatic hydroxyl groups is 1. The maximum Gasteiger partial charge on any atom is 0.453 e. The number of aliphatic carboxylic acids is 1. The topological polar surface area (TPSA) is 87.0 Å². The second kappa shape index (κ2) is 6.29. The zero-order chi connectivity index (χ0) is 15.6. The summed E-state index contributed by atoms with van der Waals surface area (Å²) < 4.78 is 4.79. The third-order valence-electron chi connectivity index (χ3n) is 4.61. The Balaban J connectivity index is 2.92. The van der Waals surface area contributed by atoms with Crippen molar-refractivity contribution in [1.29, 1.82) is 0 Å². The van der Waals surface area contributed by atoms with Crippen LogP contribution in [0.25, 0.3) is 0 Å². The largest absolute Gasteiger partial charge is 0.481 e. The van der Waals surface area contributed by atoms with E-state index in [1.54, 1.807) is 20.8 Å². The van der Waals surface area contributed by atoms with Gasteiger partial charge >= 0.3 is 13.1 Å². The molecule has 0 aromatic heterocycles. The van der Waals surface area contributed by atoms with Gasteiger partial charge in [0.25, 0.3) is 0 Å². The van der Waals surface area contributed by atoms with Crippen LogP contribution in [0.3, 0.4) is 0 Å². The van der Waals surface area contributed by atoms with Crippen LogP contribution in [0.5, 0.6) is 0 Å². The Morgan fingerprint density at radius 2 is 2.20 bits per heavy atom. The monoisotopic (exact) mass is 284 g/mol. The van der Waals surface area contributed by atoms with Crippen molar-refractivity contribution in [2.45, 2.75) is 52.0 Å². The number of carbonyl (C=O) groups is 1. The molecule has 20 heavy (non-hydrogen) atoms. The van der Waals surface area contributed by atoms with Gasteiger partial charge in [0.05, 0.1) is 11.5 Å². The SMILES string of the molecule is COB(O)CCC[C@]1(C(C)(C)O)CC=C(C)[C@@H]1C(=O)O. The van der Waals surface area contributed by atoms with E-state index in [0.717, 1.165) is 5.57 Å². The summed E-state index contributed by atoms with van der Waals surface area (Å²) in [6.07, 6.45) is 4.01. The van der Waals surface area contributed by atoms with E-state index in [0.29, 0.717) is 25.6 Å². The highest BCUT2D eigenvalue weighted by atomic mass is 16.5. The van der Waals surface area contributed by atoms with Gasteiger partial charge in [-0.3, -0.25) is 4.79 Å². The van der Waals surface area contributed by atoms with Crippen molar-refractivity contribution in [3.05, 3.63) is 11.6 Å². The highest BCUT2D eigenvalue weighted by molar-refractivity contribution is 6.42. The molecule has 3 N–H and O–H groups in total. The van der Waals surface area contributed by atoms with E-state index < -0.39 is 30.0 Å². The van der Waals surface area contributed by atoms with Gasteiger partial charge < -0.3 is 19.9 Å². The van der Waals surface area contributed by atoms with Crippen LogP contribution >= 0.6 is 0 Å². The van der Waals surface area contributed by atoms with Crippen LogP contribution in [0.15, 0.2) is 11.6 Å². The van der Waals surface area contributed by atoms with E-state index in [4.69, 9.17) is 4.65 Å². The molecule has 0 saturated carbocycles. The Hall–Kier alpha value is -0.845. The molecular formula is C14H25BO5. The molecule has 0 bridgehead atoms. The summed E-state index contributed by atoms with van der Waals surface area (Å²) in [6.45, 7) is 5.14. The fourth-order valence-electron chi connectivity index (χ4n) is 3.31. The molecule has 0 radical (unpaired) electrons. The molecular weight excluding hydrogens is 259 g/mol. The Kier molecular flexibility index (Phi) is 5.41. The fraction of sp³-hybridized carbons (Fsp3) is 0.786. The van der Waals surface area contributed by atoms with Crippen LogP contribution in [0.1, 0.15) is 40.0 Å². The lowest BCUT2D eigenvalue weighted by atomic mass is 9.61. The van der Waals surface area contributed by atoms with E-state index in [2.05, 4.69) is 0 Å². The van der Waals surface area contributed by atoms with Gasteiger partial charge in [-0.15, -0.1) is 0 Å². The fourth-order valence-corrected chi connectivity index (χ4v) is 3.31. The van der Waals surface area contributed by atoms with Gasteiger partial charge in [0.15, 0.2) is 0 Å².